The highest BCUT2D eigenvalue weighted by Gasteiger charge is 2.21. The van der Waals surface area contributed by atoms with Crippen LogP contribution in [0, 0.1) is 0 Å². The monoisotopic (exact) mass is 400 g/mol. The van der Waals surface area contributed by atoms with Crippen LogP contribution >= 0.6 is 0 Å². The number of benzene rings is 1. The molecule has 0 saturated carbocycles. The number of methoxy groups -OCH3 is 2. The zero-order chi connectivity index (χ0) is 20.3. The quantitative estimate of drug-likeness (QED) is 0.550. The molecular formula is C19H32N2O5S. The predicted octanol–water partition coefficient (Wildman–Crippen LogP) is 2.67. The lowest BCUT2D eigenvalue weighted by atomic mass is 10.2. The van der Waals surface area contributed by atoms with Crippen LogP contribution in [-0.2, 0) is 10.0 Å². The van der Waals surface area contributed by atoms with Crippen LogP contribution in [0.4, 0.5) is 0 Å². The second-order valence-electron chi connectivity index (χ2n) is 6.25. The van der Waals surface area contributed by atoms with Crippen molar-refractivity contribution in [3.63, 3.8) is 0 Å². The Kier molecular flexibility index (Phi) is 10.2. The van der Waals surface area contributed by atoms with Gasteiger partial charge >= 0.3 is 0 Å². The zero-order valence-corrected chi connectivity index (χ0v) is 17.6. The summed E-state index contributed by atoms with van der Waals surface area (Å²) in [5.74, 6) is 0.515. The Morgan fingerprint density at radius 3 is 2.15 bits per heavy atom. The van der Waals surface area contributed by atoms with Gasteiger partial charge in [-0.1, -0.05) is 26.7 Å². The van der Waals surface area contributed by atoms with Crippen molar-refractivity contribution in [1.82, 2.24) is 9.62 Å². The molecule has 1 N–H and O–H groups in total. The van der Waals surface area contributed by atoms with E-state index < -0.39 is 10.0 Å². The van der Waals surface area contributed by atoms with Gasteiger partial charge < -0.3 is 14.8 Å². The molecule has 0 bridgehead atoms. The molecular weight excluding hydrogens is 368 g/mol. The number of ether oxygens (including phenoxy) is 2. The van der Waals surface area contributed by atoms with E-state index >= 15 is 0 Å². The van der Waals surface area contributed by atoms with Crippen LogP contribution < -0.4 is 14.8 Å². The van der Waals surface area contributed by atoms with Gasteiger partial charge in [0.25, 0.3) is 5.91 Å². The number of sulfonamides is 1. The largest absolute Gasteiger partial charge is 0.493 e. The lowest BCUT2D eigenvalue weighted by molar-refractivity contribution is 0.0955. The van der Waals surface area contributed by atoms with Gasteiger partial charge in [0.05, 0.1) is 20.0 Å². The molecule has 0 heterocycles. The van der Waals surface area contributed by atoms with Gasteiger partial charge in [-0.25, -0.2) is 12.7 Å². The number of carbonyl (C=O) groups is 1. The van der Waals surface area contributed by atoms with Gasteiger partial charge in [-0.3, -0.25) is 4.79 Å². The van der Waals surface area contributed by atoms with Crippen LogP contribution in [0.1, 0.15) is 49.9 Å². The number of amides is 1. The highest BCUT2D eigenvalue weighted by atomic mass is 32.2. The first-order valence-corrected chi connectivity index (χ1v) is 11.0. The average Bonchev–Trinajstić information content (AvgIpc) is 2.66. The van der Waals surface area contributed by atoms with E-state index in [0.29, 0.717) is 30.2 Å². The van der Waals surface area contributed by atoms with E-state index in [1.165, 1.54) is 14.2 Å². The Labute approximate surface area is 163 Å². The second-order valence-corrected chi connectivity index (χ2v) is 8.34. The molecule has 27 heavy (non-hydrogen) atoms. The van der Waals surface area contributed by atoms with E-state index in [1.54, 1.807) is 22.5 Å². The Morgan fingerprint density at radius 1 is 1.04 bits per heavy atom. The molecule has 154 valence electrons. The number of nitrogens with one attached hydrogen (secondary N) is 1. The summed E-state index contributed by atoms with van der Waals surface area (Å²) in [4.78, 5) is 12.3. The Balaban J connectivity index is 2.67. The van der Waals surface area contributed by atoms with E-state index in [2.05, 4.69) is 5.32 Å². The van der Waals surface area contributed by atoms with Gasteiger partial charge in [-0.05, 0) is 31.0 Å². The fourth-order valence-corrected chi connectivity index (χ4v) is 3.99. The normalized spacial score (nSPS) is 11.4. The molecule has 0 spiro atoms. The van der Waals surface area contributed by atoms with Gasteiger partial charge in [0.1, 0.15) is 0 Å². The lowest BCUT2D eigenvalue weighted by Crippen LogP contribution is -2.38. The number of unbranched alkanes of at least 4 members (excludes halogenated alkanes) is 2. The Bertz CT molecular complexity index is 683. The van der Waals surface area contributed by atoms with E-state index in [9.17, 15) is 13.2 Å². The number of rotatable bonds is 13. The third-order valence-corrected chi connectivity index (χ3v) is 6.08. The topological polar surface area (TPSA) is 84.9 Å². The third-order valence-electron chi connectivity index (χ3n) is 4.21. The minimum Gasteiger partial charge on any atom is -0.493 e. The maximum absolute atomic E-state index is 12.6. The van der Waals surface area contributed by atoms with Gasteiger partial charge in [-0.2, -0.15) is 0 Å². The summed E-state index contributed by atoms with van der Waals surface area (Å²) in [5.41, 5.74) is 0.388. The standard InChI is InChI=1S/C19H32N2O5S/c1-5-7-12-21(13-8-6-2)27(23,24)14-11-20-19(22)16-9-10-17(25-3)18(15-16)26-4/h9-10,15H,5-8,11-14H2,1-4H3,(H,20,22). The molecule has 0 saturated heterocycles. The molecule has 0 fully saturated rings. The van der Waals surface area contributed by atoms with Crippen molar-refractivity contribution in [2.24, 2.45) is 0 Å². The summed E-state index contributed by atoms with van der Waals surface area (Å²) in [6, 6.07) is 4.82. The summed E-state index contributed by atoms with van der Waals surface area (Å²) >= 11 is 0. The average molecular weight is 401 g/mol. The Hall–Kier alpha value is -1.80. The molecule has 0 aliphatic heterocycles. The second kappa shape index (κ2) is 11.8. The van der Waals surface area contributed by atoms with E-state index in [0.717, 1.165) is 25.7 Å². The summed E-state index contributed by atoms with van der Waals surface area (Å²) in [6.07, 6.45) is 3.55. The molecule has 0 aliphatic rings. The van der Waals surface area contributed by atoms with Gasteiger partial charge in [0, 0.05) is 25.2 Å². The zero-order valence-electron chi connectivity index (χ0n) is 16.8. The minimum atomic E-state index is -3.39. The molecule has 1 aromatic rings. The third kappa shape index (κ3) is 7.38. The van der Waals surface area contributed by atoms with Crippen LogP contribution in [-0.4, -0.2) is 58.2 Å². The fraction of sp³-hybridized carbons (Fsp3) is 0.632. The van der Waals surface area contributed by atoms with Crippen molar-refractivity contribution in [3.05, 3.63) is 23.8 Å². The molecule has 0 unspecified atom stereocenters. The first-order valence-electron chi connectivity index (χ1n) is 9.37. The first-order chi connectivity index (χ1) is 12.9. The van der Waals surface area contributed by atoms with Crippen molar-refractivity contribution in [3.8, 4) is 11.5 Å². The summed E-state index contributed by atoms with van der Waals surface area (Å²) in [6.45, 7) is 5.19. The van der Waals surface area contributed by atoms with Gasteiger partial charge in [0.2, 0.25) is 10.0 Å². The van der Waals surface area contributed by atoms with Crippen LogP contribution in [0.3, 0.4) is 0 Å². The van der Waals surface area contributed by atoms with Gasteiger partial charge in [-0.15, -0.1) is 0 Å². The van der Waals surface area contributed by atoms with Crippen molar-refractivity contribution in [1.29, 1.82) is 0 Å². The SMILES string of the molecule is CCCCN(CCCC)S(=O)(=O)CCNC(=O)c1ccc(OC)c(OC)c1. The fourth-order valence-electron chi connectivity index (χ4n) is 2.56. The highest BCUT2D eigenvalue weighted by Crippen LogP contribution is 2.27. The van der Waals surface area contributed by atoms with Crippen LogP contribution in [0.15, 0.2) is 18.2 Å². The molecule has 0 aromatic heterocycles. The molecule has 1 rings (SSSR count). The van der Waals surface area contributed by atoms with E-state index in [-0.39, 0.29) is 18.2 Å². The number of hydrogen-bond donors (Lipinski definition) is 1. The van der Waals surface area contributed by atoms with Crippen molar-refractivity contribution in [2.75, 3.05) is 39.6 Å². The molecule has 8 heteroatoms. The first kappa shape index (κ1) is 23.2. The summed E-state index contributed by atoms with van der Waals surface area (Å²) in [7, 11) is -0.382. The Morgan fingerprint density at radius 2 is 1.63 bits per heavy atom. The van der Waals surface area contributed by atoms with E-state index in [1.807, 2.05) is 13.8 Å². The molecule has 0 radical (unpaired) electrons. The molecule has 0 aliphatic carbocycles. The minimum absolute atomic E-state index is 0.0598. The summed E-state index contributed by atoms with van der Waals surface area (Å²) < 4.78 is 37.0. The van der Waals surface area contributed by atoms with Crippen LogP contribution in [0.2, 0.25) is 0 Å². The highest BCUT2D eigenvalue weighted by molar-refractivity contribution is 7.89. The number of carbonyl (C=O) groups excluding carboxylic acids is 1. The van der Waals surface area contributed by atoms with Crippen LogP contribution in [0.25, 0.3) is 0 Å². The molecule has 1 amide bonds. The summed E-state index contributed by atoms with van der Waals surface area (Å²) in [5, 5.41) is 2.67. The van der Waals surface area contributed by atoms with E-state index in [4.69, 9.17) is 9.47 Å². The maximum atomic E-state index is 12.6. The molecule has 1 aromatic carbocycles. The predicted molar refractivity (Wildman–Crippen MR) is 107 cm³/mol. The van der Waals surface area contributed by atoms with Crippen LogP contribution in [0.5, 0.6) is 11.5 Å². The van der Waals surface area contributed by atoms with Gasteiger partial charge in [0.15, 0.2) is 11.5 Å². The molecule has 0 atom stereocenters. The van der Waals surface area contributed by atoms with Crippen molar-refractivity contribution >= 4 is 15.9 Å². The molecule has 7 nitrogen and oxygen atoms in total. The smallest absolute Gasteiger partial charge is 0.251 e. The number of hydrogen-bond acceptors (Lipinski definition) is 5. The van der Waals surface area contributed by atoms with Crippen molar-refractivity contribution in [2.45, 2.75) is 39.5 Å². The number of nitrogens with zero attached hydrogens (tertiary/aromatic N) is 1. The lowest BCUT2D eigenvalue weighted by Gasteiger charge is -2.22. The van der Waals surface area contributed by atoms with Crippen molar-refractivity contribution < 1.29 is 22.7 Å². The maximum Gasteiger partial charge on any atom is 0.251 e.